The average Bonchev–Trinajstić information content (AvgIpc) is 2.49. The van der Waals surface area contributed by atoms with Crippen LogP contribution in [0.4, 0.5) is 0 Å². The smallest absolute Gasteiger partial charge is 0.00899 e. The largest absolute Gasteiger partial charge is 0.328 e. The number of hydrogen-bond donors (Lipinski definition) is 1. The third-order valence-electron chi connectivity index (χ3n) is 3.75. The van der Waals surface area contributed by atoms with E-state index < -0.39 is 0 Å². The molecule has 2 rings (SSSR count). The molecule has 2 aromatic carbocycles. The minimum Gasteiger partial charge on any atom is -0.328 e. The van der Waals surface area contributed by atoms with Gasteiger partial charge in [0.05, 0.1) is 0 Å². The van der Waals surface area contributed by atoms with E-state index in [2.05, 4.69) is 67.6 Å². The Morgan fingerprint density at radius 3 is 1.68 bits per heavy atom. The van der Waals surface area contributed by atoms with Crippen molar-refractivity contribution in [3.8, 4) is 0 Å². The van der Waals surface area contributed by atoms with Gasteiger partial charge < -0.3 is 5.73 Å². The predicted octanol–water partition coefficient (Wildman–Crippen LogP) is 4.34. The summed E-state index contributed by atoms with van der Waals surface area (Å²) in [4.78, 5) is 0. The minimum atomic E-state index is 0.315. The lowest BCUT2D eigenvalue weighted by atomic mass is 9.86. The lowest BCUT2D eigenvalue weighted by Gasteiger charge is -2.20. The minimum absolute atomic E-state index is 0.315. The third-order valence-corrected chi connectivity index (χ3v) is 3.75. The van der Waals surface area contributed by atoms with Gasteiger partial charge in [-0.15, -0.1) is 0 Å². The second kappa shape index (κ2) is 7.10. The summed E-state index contributed by atoms with van der Waals surface area (Å²) < 4.78 is 0. The Morgan fingerprint density at radius 1 is 0.789 bits per heavy atom. The van der Waals surface area contributed by atoms with Gasteiger partial charge >= 0.3 is 0 Å². The molecule has 0 aliphatic heterocycles. The molecule has 0 bridgehead atoms. The second-order valence-corrected chi connectivity index (χ2v) is 5.12. The molecule has 0 aromatic heterocycles. The molecule has 0 aliphatic carbocycles. The molecule has 0 saturated carbocycles. The maximum absolute atomic E-state index is 6.08. The summed E-state index contributed by atoms with van der Waals surface area (Å²) in [7, 11) is 0. The van der Waals surface area contributed by atoms with Gasteiger partial charge in [-0.3, -0.25) is 0 Å². The lowest BCUT2D eigenvalue weighted by Crippen LogP contribution is -2.19. The summed E-state index contributed by atoms with van der Waals surface area (Å²) >= 11 is 0. The third kappa shape index (κ3) is 3.93. The molecule has 0 aliphatic rings. The van der Waals surface area contributed by atoms with Gasteiger partial charge in [-0.1, -0.05) is 67.6 Å². The SMILES string of the molecule is CCC(N)CCC(c1ccccc1)c1ccccc1. The van der Waals surface area contributed by atoms with E-state index in [9.17, 15) is 0 Å². The number of rotatable bonds is 6. The Bertz CT molecular complexity index is 424. The summed E-state index contributed by atoms with van der Waals surface area (Å²) in [5.74, 6) is 0.458. The fourth-order valence-corrected chi connectivity index (χ4v) is 2.48. The first-order valence-electron chi connectivity index (χ1n) is 7.16. The van der Waals surface area contributed by atoms with Crippen LogP contribution in [-0.2, 0) is 0 Å². The van der Waals surface area contributed by atoms with Crippen LogP contribution >= 0.6 is 0 Å². The average molecular weight is 253 g/mol. The van der Waals surface area contributed by atoms with Gasteiger partial charge in [-0.05, 0) is 30.4 Å². The molecule has 1 nitrogen and oxygen atoms in total. The van der Waals surface area contributed by atoms with E-state index in [1.54, 1.807) is 0 Å². The van der Waals surface area contributed by atoms with Gasteiger partial charge in [0, 0.05) is 12.0 Å². The standard InChI is InChI=1S/C18H23N/c1-2-17(19)13-14-18(15-9-5-3-6-10-15)16-11-7-4-8-12-16/h3-12,17-18H,2,13-14,19H2,1H3. The Labute approximate surface area is 116 Å². The zero-order valence-electron chi connectivity index (χ0n) is 11.6. The van der Waals surface area contributed by atoms with Gasteiger partial charge in [0.2, 0.25) is 0 Å². The quantitative estimate of drug-likeness (QED) is 0.814. The molecule has 1 unspecified atom stereocenters. The normalized spacial score (nSPS) is 12.6. The first-order chi connectivity index (χ1) is 9.31. The Balaban J connectivity index is 2.19. The van der Waals surface area contributed by atoms with Crippen molar-refractivity contribution in [3.63, 3.8) is 0 Å². The summed E-state index contributed by atoms with van der Waals surface area (Å²) in [5.41, 5.74) is 8.85. The van der Waals surface area contributed by atoms with Crippen LogP contribution in [0.15, 0.2) is 60.7 Å². The monoisotopic (exact) mass is 253 g/mol. The Kier molecular flexibility index (Phi) is 5.17. The molecule has 2 N–H and O–H groups in total. The van der Waals surface area contributed by atoms with Crippen LogP contribution in [-0.4, -0.2) is 6.04 Å². The summed E-state index contributed by atoms with van der Waals surface area (Å²) in [6.07, 6.45) is 3.24. The van der Waals surface area contributed by atoms with Crippen molar-refractivity contribution in [2.45, 2.75) is 38.1 Å². The van der Waals surface area contributed by atoms with Crippen molar-refractivity contribution in [2.24, 2.45) is 5.73 Å². The van der Waals surface area contributed by atoms with Gasteiger partial charge in [-0.25, -0.2) is 0 Å². The molecule has 0 fully saturated rings. The van der Waals surface area contributed by atoms with Gasteiger partial charge in [0.1, 0.15) is 0 Å². The zero-order chi connectivity index (χ0) is 13.5. The second-order valence-electron chi connectivity index (χ2n) is 5.12. The van der Waals surface area contributed by atoms with E-state index in [1.165, 1.54) is 11.1 Å². The van der Waals surface area contributed by atoms with Crippen LogP contribution < -0.4 is 5.73 Å². The molecule has 0 radical (unpaired) electrons. The number of hydrogen-bond acceptors (Lipinski definition) is 1. The number of benzene rings is 2. The molecule has 0 amide bonds. The maximum Gasteiger partial charge on any atom is 0.00899 e. The van der Waals surface area contributed by atoms with Gasteiger partial charge in [0.25, 0.3) is 0 Å². The first kappa shape index (κ1) is 13.8. The Morgan fingerprint density at radius 2 is 1.26 bits per heavy atom. The van der Waals surface area contributed by atoms with E-state index in [-0.39, 0.29) is 0 Å². The topological polar surface area (TPSA) is 26.0 Å². The van der Waals surface area contributed by atoms with Gasteiger partial charge in [-0.2, -0.15) is 0 Å². The highest BCUT2D eigenvalue weighted by Crippen LogP contribution is 2.29. The highest BCUT2D eigenvalue weighted by Gasteiger charge is 2.14. The Hall–Kier alpha value is -1.60. The lowest BCUT2D eigenvalue weighted by molar-refractivity contribution is 0.542. The highest BCUT2D eigenvalue weighted by molar-refractivity contribution is 5.32. The molecule has 0 saturated heterocycles. The molecule has 100 valence electrons. The van der Waals surface area contributed by atoms with Crippen molar-refractivity contribution in [3.05, 3.63) is 71.8 Å². The van der Waals surface area contributed by atoms with Crippen LogP contribution in [0.1, 0.15) is 43.2 Å². The van der Waals surface area contributed by atoms with Crippen molar-refractivity contribution < 1.29 is 0 Å². The van der Waals surface area contributed by atoms with E-state index in [1.807, 2.05) is 0 Å². The molecule has 19 heavy (non-hydrogen) atoms. The molecular formula is C18H23N. The van der Waals surface area contributed by atoms with Crippen LogP contribution in [0, 0.1) is 0 Å². The molecule has 0 spiro atoms. The summed E-state index contributed by atoms with van der Waals surface area (Å²) in [6, 6.07) is 21.8. The van der Waals surface area contributed by atoms with Crippen LogP contribution in [0.2, 0.25) is 0 Å². The summed E-state index contributed by atoms with van der Waals surface area (Å²) in [5, 5.41) is 0. The van der Waals surface area contributed by atoms with E-state index in [0.29, 0.717) is 12.0 Å². The van der Waals surface area contributed by atoms with Crippen molar-refractivity contribution in [2.75, 3.05) is 0 Å². The molecule has 0 heterocycles. The zero-order valence-corrected chi connectivity index (χ0v) is 11.6. The van der Waals surface area contributed by atoms with Crippen LogP contribution in [0.5, 0.6) is 0 Å². The summed E-state index contributed by atoms with van der Waals surface area (Å²) in [6.45, 7) is 2.16. The number of nitrogens with two attached hydrogens (primary N) is 1. The molecular weight excluding hydrogens is 230 g/mol. The van der Waals surface area contributed by atoms with E-state index in [0.717, 1.165) is 19.3 Å². The van der Waals surface area contributed by atoms with Gasteiger partial charge in [0.15, 0.2) is 0 Å². The highest BCUT2D eigenvalue weighted by atomic mass is 14.6. The molecule has 2 aromatic rings. The fraction of sp³-hybridized carbons (Fsp3) is 0.333. The van der Waals surface area contributed by atoms with Crippen molar-refractivity contribution >= 4 is 0 Å². The predicted molar refractivity (Wildman–Crippen MR) is 82.2 cm³/mol. The maximum atomic E-state index is 6.08. The van der Waals surface area contributed by atoms with Crippen molar-refractivity contribution in [1.29, 1.82) is 0 Å². The fourth-order valence-electron chi connectivity index (χ4n) is 2.48. The first-order valence-corrected chi connectivity index (χ1v) is 7.16. The van der Waals surface area contributed by atoms with Crippen molar-refractivity contribution in [1.82, 2.24) is 0 Å². The van der Waals surface area contributed by atoms with Crippen LogP contribution in [0.3, 0.4) is 0 Å². The van der Waals surface area contributed by atoms with E-state index in [4.69, 9.17) is 5.73 Å². The van der Waals surface area contributed by atoms with E-state index >= 15 is 0 Å². The molecule has 1 atom stereocenters. The molecule has 1 heteroatoms. The van der Waals surface area contributed by atoms with Crippen LogP contribution in [0.25, 0.3) is 0 Å².